The monoisotopic (exact) mass is 218 g/mol. The van der Waals surface area contributed by atoms with Gasteiger partial charge in [-0.15, -0.1) is 0 Å². The zero-order valence-corrected chi connectivity index (χ0v) is 10.6. The van der Waals surface area contributed by atoms with Crippen LogP contribution in [0.25, 0.3) is 0 Å². The molecule has 3 atom stereocenters. The Labute approximate surface area is 98.6 Å². The van der Waals surface area contributed by atoms with Crippen LogP contribution in [0.1, 0.15) is 40.0 Å². The summed E-state index contributed by atoms with van der Waals surface area (Å²) < 4.78 is 0. The van der Waals surface area contributed by atoms with E-state index in [1.807, 2.05) is 0 Å². The average Bonchev–Trinajstić information content (AvgIpc) is 2.51. The fraction of sp³-hybridized carbons (Fsp3) is 0.667. The SMILES string of the molecule is CC1=CCC2C(C=O)=CCC(C(C)C)CC12. The maximum absolute atomic E-state index is 11.1. The highest BCUT2D eigenvalue weighted by Gasteiger charge is 2.34. The zero-order valence-electron chi connectivity index (χ0n) is 10.6. The van der Waals surface area contributed by atoms with E-state index in [0.29, 0.717) is 11.8 Å². The Morgan fingerprint density at radius 2 is 2.00 bits per heavy atom. The van der Waals surface area contributed by atoms with Gasteiger partial charge in [0.25, 0.3) is 0 Å². The second-order valence-electron chi connectivity index (χ2n) is 5.69. The van der Waals surface area contributed by atoms with E-state index in [1.54, 1.807) is 0 Å². The Hall–Kier alpha value is -0.850. The highest BCUT2D eigenvalue weighted by atomic mass is 16.1. The highest BCUT2D eigenvalue weighted by molar-refractivity contribution is 5.74. The van der Waals surface area contributed by atoms with Gasteiger partial charge in [0.2, 0.25) is 0 Å². The Morgan fingerprint density at radius 1 is 1.25 bits per heavy atom. The molecule has 0 fully saturated rings. The number of carbonyl (C=O) groups excluding carboxylic acids is 1. The molecule has 16 heavy (non-hydrogen) atoms. The Morgan fingerprint density at radius 3 is 2.62 bits per heavy atom. The number of carbonyl (C=O) groups is 1. The first kappa shape index (κ1) is 11.6. The largest absolute Gasteiger partial charge is 0.298 e. The summed E-state index contributed by atoms with van der Waals surface area (Å²) in [5.74, 6) is 2.58. The second-order valence-corrected chi connectivity index (χ2v) is 5.69. The van der Waals surface area contributed by atoms with Crippen molar-refractivity contribution in [3.05, 3.63) is 23.3 Å². The molecule has 0 amide bonds. The minimum absolute atomic E-state index is 0.487. The number of allylic oxidation sites excluding steroid dienone is 4. The summed E-state index contributed by atoms with van der Waals surface area (Å²) in [5.41, 5.74) is 2.56. The first-order chi connectivity index (χ1) is 7.63. The third-order valence-electron chi connectivity index (χ3n) is 4.48. The number of rotatable bonds is 2. The van der Waals surface area contributed by atoms with Crippen molar-refractivity contribution in [3.63, 3.8) is 0 Å². The molecule has 0 saturated carbocycles. The lowest BCUT2D eigenvalue weighted by molar-refractivity contribution is -0.105. The van der Waals surface area contributed by atoms with E-state index in [4.69, 9.17) is 0 Å². The summed E-state index contributed by atoms with van der Waals surface area (Å²) >= 11 is 0. The van der Waals surface area contributed by atoms with Gasteiger partial charge in [0.1, 0.15) is 6.29 Å². The van der Waals surface area contributed by atoms with Gasteiger partial charge < -0.3 is 0 Å². The number of hydrogen-bond donors (Lipinski definition) is 0. The van der Waals surface area contributed by atoms with Crippen molar-refractivity contribution in [2.45, 2.75) is 40.0 Å². The topological polar surface area (TPSA) is 17.1 Å². The van der Waals surface area contributed by atoms with Crippen LogP contribution >= 0.6 is 0 Å². The quantitative estimate of drug-likeness (QED) is 0.509. The molecule has 2 rings (SSSR count). The standard InChI is InChI=1S/C15H22O/c1-10(2)12-5-6-13(9-16)14-7-4-11(3)15(14)8-12/h4,6,9-10,12,14-15H,5,7-8H2,1-3H3. The van der Waals surface area contributed by atoms with Crippen LogP contribution in [0, 0.1) is 23.7 Å². The van der Waals surface area contributed by atoms with Gasteiger partial charge in [0.05, 0.1) is 0 Å². The van der Waals surface area contributed by atoms with Crippen LogP contribution < -0.4 is 0 Å². The van der Waals surface area contributed by atoms with E-state index < -0.39 is 0 Å². The van der Waals surface area contributed by atoms with Gasteiger partial charge in [-0.3, -0.25) is 4.79 Å². The van der Waals surface area contributed by atoms with Gasteiger partial charge in [-0.05, 0) is 55.4 Å². The number of hydrogen-bond acceptors (Lipinski definition) is 1. The molecule has 0 heterocycles. The average molecular weight is 218 g/mol. The normalized spacial score (nSPS) is 34.1. The van der Waals surface area contributed by atoms with Crippen LogP contribution in [0.15, 0.2) is 23.3 Å². The summed E-state index contributed by atoms with van der Waals surface area (Å²) in [6, 6.07) is 0. The minimum Gasteiger partial charge on any atom is -0.298 e. The van der Waals surface area contributed by atoms with Gasteiger partial charge in [0.15, 0.2) is 0 Å². The molecule has 2 aliphatic rings. The minimum atomic E-state index is 0.487. The van der Waals surface area contributed by atoms with Crippen LogP contribution in [0.3, 0.4) is 0 Å². The molecule has 0 spiro atoms. The predicted molar refractivity (Wildman–Crippen MR) is 67.1 cm³/mol. The fourth-order valence-corrected chi connectivity index (χ4v) is 3.21. The predicted octanol–water partition coefficient (Wildman–Crippen LogP) is 3.76. The van der Waals surface area contributed by atoms with Gasteiger partial charge >= 0.3 is 0 Å². The van der Waals surface area contributed by atoms with E-state index in [0.717, 1.165) is 36.5 Å². The third-order valence-corrected chi connectivity index (χ3v) is 4.48. The smallest absolute Gasteiger partial charge is 0.146 e. The first-order valence-corrected chi connectivity index (χ1v) is 6.45. The lowest BCUT2D eigenvalue weighted by atomic mass is 9.79. The van der Waals surface area contributed by atoms with E-state index in [-0.39, 0.29) is 0 Å². The van der Waals surface area contributed by atoms with Crippen LogP contribution in [-0.4, -0.2) is 6.29 Å². The molecule has 0 radical (unpaired) electrons. The summed E-state index contributed by atoms with van der Waals surface area (Å²) in [7, 11) is 0. The molecule has 2 aliphatic carbocycles. The molecule has 0 aromatic carbocycles. The zero-order chi connectivity index (χ0) is 11.7. The van der Waals surface area contributed by atoms with E-state index in [1.165, 1.54) is 12.0 Å². The van der Waals surface area contributed by atoms with Gasteiger partial charge in [0, 0.05) is 0 Å². The molecule has 0 aromatic heterocycles. The summed E-state index contributed by atoms with van der Waals surface area (Å²) in [4.78, 5) is 11.1. The maximum Gasteiger partial charge on any atom is 0.146 e. The van der Waals surface area contributed by atoms with Crippen molar-refractivity contribution in [2.75, 3.05) is 0 Å². The van der Waals surface area contributed by atoms with E-state index >= 15 is 0 Å². The van der Waals surface area contributed by atoms with Crippen molar-refractivity contribution >= 4 is 6.29 Å². The van der Waals surface area contributed by atoms with Crippen molar-refractivity contribution in [1.82, 2.24) is 0 Å². The lowest BCUT2D eigenvalue weighted by Crippen LogP contribution is -2.17. The highest BCUT2D eigenvalue weighted by Crippen LogP contribution is 2.44. The summed E-state index contributed by atoms with van der Waals surface area (Å²) in [5, 5.41) is 0. The Bertz CT molecular complexity index is 335. The molecular weight excluding hydrogens is 196 g/mol. The molecule has 0 N–H and O–H groups in total. The number of fused-ring (bicyclic) bond motifs is 1. The van der Waals surface area contributed by atoms with Gasteiger partial charge in [-0.25, -0.2) is 0 Å². The van der Waals surface area contributed by atoms with Crippen LogP contribution in [0.4, 0.5) is 0 Å². The molecule has 1 nitrogen and oxygen atoms in total. The molecule has 88 valence electrons. The Kier molecular flexibility index (Phi) is 3.32. The van der Waals surface area contributed by atoms with E-state index in [9.17, 15) is 4.79 Å². The fourth-order valence-electron chi connectivity index (χ4n) is 3.21. The van der Waals surface area contributed by atoms with Crippen LogP contribution in [0.5, 0.6) is 0 Å². The third kappa shape index (κ3) is 2.00. The summed E-state index contributed by atoms with van der Waals surface area (Å²) in [6.45, 7) is 6.83. The molecule has 0 aliphatic heterocycles. The van der Waals surface area contributed by atoms with Crippen LogP contribution in [-0.2, 0) is 4.79 Å². The van der Waals surface area contributed by atoms with Crippen molar-refractivity contribution in [3.8, 4) is 0 Å². The van der Waals surface area contributed by atoms with Crippen molar-refractivity contribution < 1.29 is 4.79 Å². The molecule has 0 bridgehead atoms. The van der Waals surface area contributed by atoms with Gasteiger partial charge in [-0.2, -0.15) is 0 Å². The maximum atomic E-state index is 11.1. The summed E-state index contributed by atoms with van der Waals surface area (Å²) in [6.07, 6.45) is 9.05. The van der Waals surface area contributed by atoms with E-state index in [2.05, 4.69) is 32.9 Å². The van der Waals surface area contributed by atoms with Crippen molar-refractivity contribution in [2.24, 2.45) is 23.7 Å². The van der Waals surface area contributed by atoms with Crippen molar-refractivity contribution in [1.29, 1.82) is 0 Å². The molecule has 1 heteroatoms. The molecular formula is C15H22O. The molecule has 3 unspecified atom stereocenters. The van der Waals surface area contributed by atoms with Gasteiger partial charge in [-0.1, -0.05) is 31.6 Å². The number of aldehydes is 1. The first-order valence-electron chi connectivity index (χ1n) is 6.45. The molecule has 0 saturated heterocycles. The van der Waals surface area contributed by atoms with Crippen LogP contribution in [0.2, 0.25) is 0 Å². The molecule has 0 aromatic rings. The second kappa shape index (κ2) is 4.57. The Balaban J connectivity index is 2.25. The lowest BCUT2D eigenvalue weighted by Gasteiger charge is -2.25.